The molecule has 3 rings (SSSR count). The third-order valence-electron chi connectivity index (χ3n) is 4.62. The van der Waals surface area contributed by atoms with Gasteiger partial charge in [-0.25, -0.2) is 9.97 Å². The zero-order valence-electron chi connectivity index (χ0n) is 13.8. The molecule has 0 spiro atoms. The average molecular weight is 331 g/mol. The maximum atomic E-state index is 10.9. The van der Waals surface area contributed by atoms with Crippen LogP contribution in [0, 0.1) is 23.0 Å². The largest absolute Gasteiger partial charge is 0.385 e. The number of hydrogen-bond acceptors (Lipinski definition) is 6. The zero-order valence-corrected chi connectivity index (χ0v) is 13.8. The van der Waals surface area contributed by atoms with Crippen molar-refractivity contribution < 1.29 is 10.0 Å². The maximum absolute atomic E-state index is 10.9. The molecule has 0 radical (unpaired) electrons. The summed E-state index contributed by atoms with van der Waals surface area (Å²) >= 11 is 0. The van der Waals surface area contributed by atoms with Gasteiger partial charge in [0.2, 0.25) is 0 Å². The van der Waals surface area contributed by atoms with E-state index < -0.39 is 11.0 Å². The van der Waals surface area contributed by atoms with E-state index >= 15 is 0 Å². The van der Waals surface area contributed by atoms with E-state index in [1.807, 2.05) is 17.8 Å². The van der Waals surface area contributed by atoms with E-state index in [1.54, 1.807) is 19.2 Å². The first-order chi connectivity index (χ1) is 11.5. The smallest absolute Gasteiger partial charge is 0.290 e. The predicted octanol–water partition coefficient (Wildman–Crippen LogP) is 1.98. The summed E-state index contributed by atoms with van der Waals surface area (Å²) in [7, 11) is 1.87. The fourth-order valence-electron chi connectivity index (χ4n) is 3.25. The molecule has 0 aromatic carbocycles. The van der Waals surface area contributed by atoms with Crippen LogP contribution in [-0.4, -0.2) is 37.7 Å². The van der Waals surface area contributed by atoms with Gasteiger partial charge in [0, 0.05) is 44.0 Å². The summed E-state index contributed by atoms with van der Waals surface area (Å²) in [6.07, 6.45) is 6.02. The van der Waals surface area contributed by atoms with E-state index in [2.05, 4.69) is 14.9 Å². The minimum absolute atomic E-state index is 0.0281. The first kappa shape index (κ1) is 16.4. The second-order valence-corrected chi connectivity index (χ2v) is 6.28. The van der Waals surface area contributed by atoms with Crippen LogP contribution in [0.5, 0.6) is 0 Å². The Balaban J connectivity index is 1.77. The highest BCUT2D eigenvalue weighted by molar-refractivity contribution is 5.49. The first-order valence-corrected chi connectivity index (χ1v) is 7.98. The van der Waals surface area contributed by atoms with Gasteiger partial charge in [0.25, 0.3) is 5.69 Å². The highest BCUT2D eigenvalue weighted by Crippen LogP contribution is 2.31. The Bertz CT molecular complexity index is 745. The number of aryl methyl sites for hydroxylation is 2. The fourth-order valence-corrected chi connectivity index (χ4v) is 3.25. The van der Waals surface area contributed by atoms with Crippen LogP contribution in [0.1, 0.15) is 30.3 Å². The Kier molecular flexibility index (Phi) is 4.48. The topological polar surface area (TPSA) is 97.3 Å². The van der Waals surface area contributed by atoms with Gasteiger partial charge in [0.1, 0.15) is 23.9 Å². The van der Waals surface area contributed by atoms with E-state index in [4.69, 9.17) is 0 Å². The number of rotatable bonds is 4. The molecule has 1 saturated heterocycles. The van der Waals surface area contributed by atoms with Crippen molar-refractivity contribution in [2.24, 2.45) is 13.0 Å². The van der Waals surface area contributed by atoms with Gasteiger partial charge in [-0.1, -0.05) is 0 Å². The van der Waals surface area contributed by atoms with Crippen molar-refractivity contribution in [2.75, 3.05) is 18.0 Å². The van der Waals surface area contributed by atoms with Crippen LogP contribution in [0.4, 0.5) is 11.5 Å². The minimum Gasteiger partial charge on any atom is -0.385 e. The molecule has 1 N–H and O–H groups in total. The van der Waals surface area contributed by atoms with Crippen molar-refractivity contribution in [1.82, 2.24) is 14.5 Å². The number of nitro groups is 1. The van der Waals surface area contributed by atoms with Crippen LogP contribution in [-0.2, 0) is 7.05 Å². The Morgan fingerprint density at radius 1 is 1.46 bits per heavy atom. The molecule has 3 heterocycles. The lowest BCUT2D eigenvalue weighted by atomic mass is 9.92. The van der Waals surface area contributed by atoms with Crippen molar-refractivity contribution in [3.63, 3.8) is 0 Å². The van der Waals surface area contributed by atoms with E-state index in [-0.39, 0.29) is 11.6 Å². The monoisotopic (exact) mass is 331 g/mol. The third-order valence-corrected chi connectivity index (χ3v) is 4.62. The molecule has 128 valence electrons. The molecule has 0 amide bonds. The molecular weight excluding hydrogens is 310 g/mol. The number of pyridine rings is 1. The van der Waals surface area contributed by atoms with Crippen molar-refractivity contribution >= 4 is 11.5 Å². The lowest BCUT2D eigenvalue weighted by Gasteiger charge is -2.35. The summed E-state index contributed by atoms with van der Waals surface area (Å²) in [6, 6.07) is 1.74. The molecule has 1 aliphatic rings. The van der Waals surface area contributed by atoms with Gasteiger partial charge in [0.15, 0.2) is 0 Å². The second-order valence-electron chi connectivity index (χ2n) is 6.28. The van der Waals surface area contributed by atoms with Gasteiger partial charge in [-0.05, 0) is 25.8 Å². The quantitative estimate of drug-likeness (QED) is 0.679. The van der Waals surface area contributed by atoms with Crippen molar-refractivity contribution in [2.45, 2.75) is 25.9 Å². The number of aromatic nitrogens is 3. The number of anilines is 1. The van der Waals surface area contributed by atoms with Gasteiger partial charge in [-0.3, -0.25) is 10.1 Å². The summed E-state index contributed by atoms with van der Waals surface area (Å²) < 4.78 is 1.83. The van der Waals surface area contributed by atoms with Crippen LogP contribution in [0.3, 0.4) is 0 Å². The standard InChI is InChI=1S/C16H21N5O3/c1-11-8-14(18-9-13(11)21(23)24)20-6-3-4-12(10-20)15(22)16-17-5-7-19(16)2/h5,7-9,12,15,22H,3-4,6,10H2,1-2H3. The Labute approximate surface area is 139 Å². The van der Waals surface area contributed by atoms with Crippen molar-refractivity contribution in [1.29, 1.82) is 0 Å². The Morgan fingerprint density at radius 3 is 2.88 bits per heavy atom. The molecule has 2 unspecified atom stereocenters. The third kappa shape index (κ3) is 3.09. The van der Waals surface area contributed by atoms with Crippen LogP contribution in [0.15, 0.2) is 24.7 Å². The van der Waals surface area contributed by atoms with E-state index in [0.29, 0.717) is 17.9 Å². The number of aliphatic hydroxyl groups excluding tert-OH is 1. The van der Waals surface area contributed by atoms with Crippen LogP contribution in [0.2, 0.25) is 0 Å². The highest BCUT2D eigenvalue weighted by Gasteiger charge is 2.30. The first-order valence-electron chi connectivity index (χ1n) is 7.98. The average Bonchev–Trinajstić information content (AvgIpc) is 3.00. The van der Waals surface area contributed by atoms with E-state index in [0.717, 1.165) is 25.2 Å². The number of imidazole rings is 1. The summed E-state index contributed by atoms with van der Waals surface area (Å²) in [6.45, 7) is 3.19. The summed E-state index contributed by atoms with van der Waals surface area (Å²) in [5.74, 6) is 1.43. The molecule has 2 aromatic rings. The van der Waals surface area contributed by atoms with Gasteiger partial charge in [-0.15, -0.1) is 0 Å². The number of hydrogen-bond donors (Lipinski definition) is 1. The Hall–Kier alpha value is -2.48. The minimum atomic E-state index is -0.632. The number of piperidine rings is 1. The van der Waals surface area contributed by atoms with E-state index in [9.17, 15) is 15.2 Å². The molecule has 0 saturated carbocycles. The molecule has 2 atom stereocenters. The van der Waals surface area contributed by atoms with Gasteiger partial charge < -0.3 is 14.6 Å². The van der Waals surface area contributed by atoms with E-state index in [1.165, 1.54) is 6.20 Å². The normalized spacial score (nSPS) is 19.3. The molecular formula is C16H21N5O3. The zero-order chi connectivity index (χ0) is 17.3. The van der Waals surface area contributed by atoms with Gasteiger partial charge >= 0.3 is 0 Å². The summed E-state index contributed by atoms with van der Waals surface area (Å²) in [4.78, 5) is 21.1. The summed E-state index contributed by atoms with van der Waals surface area (Å²) in [5.41, 5.74) is 0.622. The lowest BCUT2D eigenvalue weighted by Crippen LogP contribution is -2.38. The van der Waals surface area contributed by atoms with Crippen molar-refractivity contribution in [3.8, 4) is 0 Å². The van der Waals surface area contributed by atoms with Crippen LogP contribution >= 0.6 is 0 Å². The number of aliphatic hydroxyl groups is 1. The SMILES string of the molecule is Cc1cc(N2CCCC(C(O)c3nccn3C)C2)ncc1[N+](=O)[O-]. The van der Waals surface area contributed by atoms with Crippen LogP contribution in [0.25, 0.3) is 0 Å². The maximum Gasteiger partial charge on any atom is 0.290 e. The van der Waals surface area contributed by atoms with Crippen molar-refractivity contribution in [3.05, 3.63) is 46.2 Å². The molecule has 2 aromatic heterocycles. The fraction of sp³-hybridized carbons (Fsp3) is 0.500. The molecule has 1 aliphatic heterocycles. The van der Waals surface area contributed by atoms with Gasteiger partial charge in [-0.2, -0.15) is 0 Å². The Morgan fingerprint density at radius 2 is 2.25 bits per heavy atom. The summed E-state index contributed by atoms with van der Waals surface area (Å²) in [5, 5.41) is 21.6. The molecule has 8 nitrogen and oxygen atoms in total. The molecule has 0 aliphatic carbocycles. The lowest BCUT2D eigenvalue weighted by molar-refractivity contribution is -0.385. The van der Waals surface area contributed by atoms with Gasteiger partial charge in [0.05, 0.1) is 4.92 Å². The second kappa shape index (κ2) is 6.56. The predicted molar refractivity (Wildman–Crippen MR) is 88.7 cm³/mol. The number of nitrogens with zero attached hydrogens (tertiary/aromatic N) is 5. The van der Waals surface area contributed by atoms with Crippen LogP contribution < -0.4 is 4.90 Å². The molecule has 8 heteroatoms. The molecule has 1 fully saturated rings. The molecule has 24 heavy (non-hydrogen) atoms. The highest BCUT2D eigenvalue weighted by atomic mass is 16.6. The molecule has 0 bridgehead atoms.